The molecule has 1 aliphatic heterocycles. The topological polar surface area (TPSA) is 66.6 Å². The maximum absolute atomic E-state index is 11.0. The van der Waals surface area contributed by atoms with Crippen LogP contribution < -0.4 is 5.73 Å². The van der Waals surface area contributed by atoms with Crippen LogP contribution >= 0.6 is 0 Å². The summed E-state index contributed by atoms with van der Waals surface area (Å²) in [6.45, 7) is 2.03. The fourth-order valence-corrected chi connectivity index (χ4v) is 2.49. The number of nitrogens with zero attached hydrogens (tertiary/aromatic N) is 1. The normalized spacial score (nSPS) is 22.6. The lowest BCUT2D eigenvalue weighted by Gasteiger charge is -2.18. The van der Waals surface area contributed by atoms with Crippen LogP contribution in [0.2, 0.25) is 0 Å². The summed E-state index contributed by atoms with van der Waals surface area (Å²) in [4.78, 5) is 13.3. The highest BCUT2D eigenvalue weighted by Crippen LogP contribution is 2.31. The second-order valence-electron chi connectivity index (χ2n) is 4.69. The van der Waals surface area contributed by atoms with Crippen molar-refractivity contribution in [3.63, 3.8) is 0 Å². The van der Waals surface area contributed by atoms with E-state index in [1.165, 1.54) is 0 Å². The summed E-state index contributed by atoms with van der Waals surface area (Å²) in [5.74, 6) is -0.564. The Kier molecular flexibility index (Phi) is 3.45. The largest absolute Gasteiger partial charge is 0.480 e. The number of aliphatic carboxylic acids is 1. The number of rotatable bonds is 3. The Morgan fingerprint density at radius 1 is 1.53 bits per heavy atom. The summed E-state index contributed by atoms with van der Waals surface area (Å²) in [6.07, 6.45) is 1.07. The summed E-state index contributed by atoms with van der Waals surface area (Å²) in [5, 5.41) is 9.02. The van der Waals surface area contributed by atoms with Crippen LogP contribution in [0.15, 0.2) is 24.3 Å². The first-order valence-corrected chi connectivity index (χ1v) is 5.85. The Hall–Kier alpha value is -1.39. The zero-order valence-corrected chi connectivity index (χ0v) is 9.97. The molecule has 0 radical (unpaired) electrons. The van der Waals surface area contributed by atoms with Gasteiger partial charge in [-0.05, 0) is 37.1 Å². The molecule has 0 amide bonds. The number of carbonyl (C=O) groups is 1. The van der Waals surface area contributed by atoms with Crippen LogP contribution in [-0.2, 0) is 4.79 Å². The summed E-state index contributed by atoms with van der Waals surface area (Å²) >= 11 is 0. The van der Waals surface area contributed by atoms with Crippen molar-refractivity contribution < 1.29 is 9.90 Å². The minimum Gasteiger partial charge on any atom is -0.480 e. The lowest BCUT2D eigenvalue weighted by Crippen LogP contribution is -2.23. The molecule has 0 aromatic heterocycles. The molecule has 4 heteroatoms. The minimum atomic E-state index is -0.969. The molecule has 1 aromatic carbocycles. The molecule has 2 atom stereocenters. The predicted molar refractivity (Wildman–Crippen MR) is 65.9 cm³/mol. The van der Waals surface area contributed by atoms with Crippen molar-refractivity contribution >= 4 is 5.97 Å². The van der Waals surface area contributed by atoms with Crippen LogP contribution in [0.25, 0.3) is 0 Å². The first-order valence-electron chi connectivity index (χ1n) is 5.85. The highest BCUT2D eigenvalue weighted by Gasteiger charge is 2.26. The third kappa shape index (κ3) is 2.48. The Morgan fingerprint density at radius 2 is 2.24 bits per heavy atom. The van der Waals surface area contributed by atoms with Crippen molar-refractivity contribution in [1.82, 2.24) is 4.90 Å². The van der Waals surface area contributed by atoms with Gasteiger partial charge in [0, 0.05) is 6.54 Å². The van der Waals surface area contributed by atoms with Crippen LogP contribution in [0, 0.1) is 0 Å². The van der Waals surface area contributed by atoms with E-state index < -0.39 is 12.0 Å². The van der Waals surface area contributed by atoms with Gasteiger partial charge >= 0.3 is 5.97 Å². The molecule has 0 aliphatic carbocycles. The average Bonchev–Trinajstić information content (AvgIpc) is 2.74. The quantitative estimate of drug-likeness (QED) is 0.824. The Balaban J connectivity index is 2.30. The van der Waals surface area contributed by atoms with Crippen molar-refractivity contribution in [3.05, 3.63) is 35.4 Å². The number of hydrogen-bond donors (Lipinski definition) is 2. The smallest absolute Gasteiger partial charge is 0.325 e. The molecule has 2 unspecified atom stereocenters. The Morgan fingerprint density at radius 3 is 2.82 bits per heavy atom. The second-order valence-corrected chi connectivity index (χ2v) is 4.69. The van der Waals surface area contributed by atoms with Gasteiger partial charge in [0.05, 0.1) is 0 Å². The van der Waals surface area contributed by atoms with Gasteiger partial charge in [-0.1, -0.05) is 24.3 Å². The van der Waals surface area contributed by atoms with Crippen molar-refractivity contribution in [3.8, 4) is 0 Å². The van der Waals surface area contributed by atoms with Gasteiger partial charge in [0.15, 0.2) is 0 Å². The Bertz CT molecular complexity index is 420. The van der Waals surface area contributed by atoms with Gasteiger partial charge in [0.1, 0.15) is 6.04 Å². The van der Waals surface area contributed by atoms with Crippen molar-refractivity contribution in [2.45, 2.75) is 18.4 Å². The predicted octanol–water partition coefficient (Wildman–Crippen LogP) is 1.19. The molecular formula is C13H18N2O2. The number of likely N-dealkylation sites (N-methyl/N-ethyl adjacent to an activating group) is 1. The molecule has 17 heavy (non-hydrogen) atoms. The highest BCUT2D eigenvalue weighted by atomic mass is 16.4. The van der Waals surface area contributed by atoms with Crippen molar-refractivity contribution in [1.29, 1.82) is 0 Å². The van der Waals surface area contributed by atoms with E-state index in [9.17, 15) is 4.79 Å². The second kappa shape index (κ2) is 4.85. The van der Waals surface area contributed by atoms with Gasteiger partial charge in [0.2, 0.25) is 0 Å². The molecule has 1 aliphatic rings. The number of carboxylic acids is 1. The van der Waals surface area contributed by atoms with E-state index >= 15 is 0 Å². The molecule has 0 spiro atoms. The van der Waals surface area contributed by atoms with Crippen LogP contribution in [0.1, 0.15) is 29.5 Å². The van der Waals surface area contributed by atoms with E-state index in [2.05, 4.69) is 11.9 Å². The van der Waals surface area contributed by atoms with E-state index in [0.29, 0.717) is 5.92 Å². The first-order chi connectivity index (χ1) is 8.09. The first kappa shape index (κ1) is 12.1. The van der Waals surface area contributed by atoms with Crippen LogP contribution in [0.3, 0.4) is 0 Å². The number of benzene rings is 1. The van der Waals surface area contributed by atoms with Gasteiger partial charge in [-0.15, -0.1) is 0 Å². The zero-order valence-electron chi connectivity index (χ0n) is 9.97. The molecule has 3 N–H and O–H groups in total. The molecule has 1 saturated heterocycles. The third-order valence-corrected chi connectivity index (χ3v) is 3.43. The fraction of sp³-hybridized carbons (Fsp3) is 0.462. The number of hydrogen-bond acceptors (Lipinski definition) is 3. The summed E-state index contributed by atoms with van der Waals surface area (Å²) in [7, 11) is 2.08. The summed E-state index contributed by atoms with van der Waals surface area (Å²) in [6, 6.07) is 6.71. The number of carboxylic acid groups (broad SMARTS) is 1. The van der Waals surface area contributed by atoms with Gasteiger partial charge < -0.3 is 15.7 Å². The van der Waals surface area contributed by atoms with Crippen LogP contribution in [0.5, 0.6) is 0 Å². The van der Waals surface area contributed by atoms with Gasteiger partial charge in [-0.3, -0.25) is 4.79 Å². The number of nitrogens with two attached hydrogens (primary N) is 1. The molecule has 1 aromatic rings. The average molecular weight is 234 g/mol. The van der Waals surface area contributed by atoms with E-state index in [0.717, 1.165) is 30.6 Å². The van der Waals surface area contributed by atoms with E-state index in [-0.39, 0.29) is 0 Å². The monoisotopic (exact) mass is 234 g/mol. The van der Waals surface area contributed by atoms with Crippen LogP contribution in [-0.4, -0.2) is 36.1 Å². The van der Waals surface area contributed by atoms with E-state index in [4.69, 9.17) is 10.8 Å². The maximum atomic E-state index is 11.0. The Labute approximate surface area is 101 Å². The molecule has 0 bridgehead atoms. The minimum absolute atomic E-state index is 0.404. The summed E-state index contributed by atoms with van der Waals surface area (Å²) < 4.78 is 0. The SMILES string of the molecule is CN1CCC(c2ccccc2C(N)C(=O)O)C1. The molecule has 1 heterocycles. The molecule has 92 valence electrons. The standard InChI is InChI=1S/C13H18N2O2/c1-15-7-6-9(8-15)10-4-2-3-5-11(10)12(14)13(16)17/h2-5,9,12H,6-8,14H2,1H3,(H,16,17). The van der Waals surface area contributed by atoms with Gasteiger partial charge in [-0.2, -0.15) is 0 Å². The van der Waals surface area contributed by atoms with E-state index in [1.807, 2.05) is 24.3 Å². The van der Waals surface area contributed by atoms with Gasteiger partial charge in [-0.25, -0.2) is 0 Å². The maximum Gasteiger partial charge on any atom is 0.325 e. The molecule has 2 rings (SSSR count). The lowest BCUT2D eigenvalue weighted by atomic mass is 9.90. The summed E-state index contributed by atoms with van der Waals surface area (Å²) in [5.41, 5.74) is 7.57. The molecule has 4 nitrogen and oxygen atoms in total. The molecule has 0 saturated carbocycles. The highest BCUT2D eigenvalue weighted by molar-refractivity contribution is 5.75. The van der Waals surface area contributed by atoms with Crippen LogP contribution in [0.4, 0.5) is 0 Å². The van der Waals surface area contributed by atoms with E-state index in [1.54, 1.807) is 0 Å². The fourth-order valence-electron chi connectivity index (χ4n) is 2.49. The molecular weight excluding hydrogens is 216 g/mol. The lowest BCUT2D eigenvalue weighted by molar-refractivity contribution is -0.138. The van der Waals surface area contributed by atoms with Gasteiger partial charge in [0.25, 0.3) is 0 Å². The van der Waals surface area contributed by atoms with Crippen molar-refractivity contribution in [2.75, 3.05) is 20.1 Å². The zero-order chi connectivity index (χ0) is 12.4. The van der Waals surface area contributed by atoms with Crippen molar-refractivity contribution in [2.24, 2.45) is 5.73 Å². The molecule has 1 fully saturated rings. The third-order valence-electron chi connectivity index (χ3n) is 3.43. The number of likely N-dealkylation sites (tertiary alicyclic amines) is 1.